The number of anilines is 1. The van der Waals surface area contributed by atoms with Gasteiger partial charge in [-0.2, -0.15) is 5.10 Å². The first-order valence-electron chi connectivity index (χ1n) is 7.66. The van der Waals surface area contributed by atoms with Crippen molar-refractivity contribution in [3.63, 3.8) is 0 Å². The van der Waals surface area contributed by atoms with Crippen molar-refractivity contribution in [2.45, 2.75) is 20.8 Å². The SMILES string of the molecule is Cc1cc(NC(=O)c2cc(C)c(C)cc2Cl)n(-c2ccccc2)n1. The Hall–Kier alpha value is -2.59. The summed E-state index contributed by atoms with van der Waals surface area (Å²) in [5.41, 5.74) is 4.24. The molecule has 122 valence electrons. The Labute approximate surface area is 146 Å². The van der Waals surface area contributed by atoms with Gasteiger partial charge in [-0.25, -0.2) is 4.68 Å². The molecular weight excluding hydrogens is 322 g/mol. The number of hydrogen-bond acceptors (Lipinski definition) is 2. The lowest BCUT2D eigenvalue weighted by Crippen LogP contribution is -2.16. The summed E-state index contributed by atoms with van der Waals surface area (Å²) in [6, 6.07) is 15.1. The Bertz CT molecular complexity index is 900. The second-order valence-corrected chi connectivity index (χ2v) is 6.20. The molecule has 0 fully saturated rings. The van der Waals surface area contributed by atoms with Crippen LogP contribution < -0.4 is 5.32 Å². The molecule has 0 saturated heterocycles. The van der Waals surface area contributed by atoms with E-state index in [1.54, 1.807) is 4.68 Å². The van der Waals surface area contributed by atoms with Crippen molar-refractivity contribution in [3.8, 4) is 5.69 Å². The number of aryl methyl sites for hydroxylation is 3. The van der Waals surface area contributed by atoms with Gasteiger partial charge in [-0.05, 0) is 56.2 Å². The molecule has 0 atom stereocenters. The van der Waals surface area contributed by atoms with Crippen LogP contribution in [0.4, 0.5) is 5.82 Å². The van der Waals surface area contributed by atoms with Crippen LogP contribution in [0.25, 0.3) is 5.69 Å². The molecule has 1 amide bonds. The number of aromatic nitrogens is 2. The highest BCUT2D eigenvalue weighted by Gasteiger charge is 2.15. The topological polar surface area (TPSA) is 46.9 Å². The maximum atomic E-state index is 12.7. The van der Waals surface area contributed by atoms with Gasteiger partial charge in [0.15, 0.2) is 0 Å². The number of rotatable bonds is 3. The van der Waals surface area contributed by atoms with Gasteiger partial charge < -0.3 is 5.32 Å². The average molecular weight is 340 g/mol. The van der Waals surface area contributed by atoms with Crippen LogP contribution in [-0.2, 0) is 0 Å². The van der Waals surface area contributed by atoms with Crippen molar-refractivity contribution in [1.29, 1.82) is 0 Å². The number of carbonyl (C=O) groups is 1. The Kier molecular flexibility index (Phi) is 4.40. The molecule has 0 aliphatic heterocycles. The van der Waals surface area contributed by atoms with Crippen molar-refractivity contribution in [3.05, 3.63) is 75.9 Å². The third kappa shape index (κ3) is 3.19. The number of carbonyl (C=O) groups excluding carboxylic acids is 1. The molecule has 0 saturated carbocycles. The minimum atomic E-state index is -0.250. The highest BCUT2D eigenvalue weighted by Crippen LogP contribution is 2.23. The summed E-state index contributed by atoms with van der Waals surface area (Å²) < 4.78 is 1.71. The molecule has 24 heavy (non-hydrogen) atoms. The normalized spacial score (nSPS) is 10.7. The largest absolute Gasteiger partial charge is 0.306 e. The van der Waals surface area contributed by atoms with Crippen LogP contribution in [-0.4, -0.2) is 15.7 Å². The van der Waals surface area contributed by atoms with E-state index in [0.717, 1.165) is 22.5 Å². The fraction of sp³-hybridized carbons (Fsp3) is 0.158. The molecule has 4 nitrogen and oxygen atoms in total. The van der Waals surface area contributed by atoms with Crippen molar-refractivity contribution in [2.24, 2.45) is 0 Å². The van der Waals surface area contributed by atoms with E-state index in [-0.39, 0.29) is 5.91 Å². The predicted molar refractivity (Wildman–Crippen MR) is 97.2 cm³/mol. The third-order valence-electron chi connectivity index (χ3n) is 3.90. The van der Waals surface area contributed by atoms with E-state index in [1.807, 2.05) is 69.3 Å². The minimum absolute atomic E-state index is 0.250. The highest BCUT2D eigenvalue weighted by molar-refractivity contribution is 6.34. The highest BCUT2D eigenvalue weighted by atomic mass is 35.5. The van der Waals surface area contributed by atoms with E-state index in [0.29, 0.717) is 16.4 Å². The van der Waals surface area contributed by atoms with Gasteiger partial charge in [0.25, 0.3) is 5.91 Å². The molecule has 0 aliphatic carbocycles. The zero-order valence-corrected chi connectivity index (χ0v) is 14.6. The first-order valence-corrected chi connectivity index (χ1v) is 8.03. The first kappa shape index (κ1) is 16.3. The van der Waals surface area contributed by atoms with Gasteiger partial charge in [-0.15, -0.1) is 0 Å². The summed E-state index contributed by atoms with van der Waals surface area (Å²) in [6.45, 7) is 5.82. The second-order valence-electron chi connectivity index (χ2n) is 5.79. The molecule has 1 N–H and O–H groups in total. The lowest BCUT2D eigenvalue weighted by Gasteiger charge is -2.11. The Morgan fingerprint density at radius 1 is 1.04 bits per heavy atom. The first-order chi connectivity index (χ1) is 11.5. The molecule has 2 aromatic carbocycles. The standard InChI is InChI=1S/C19H18ClN3O/c1-12-9-16(17(20)10-13(12)2)19(24)21-18-11-14(3)22-23(18)15-7-5-4-6-8-15/h4-11H,1-3H3,(H,21,24). The Balaban J connectivity index is 1.95. The number of halogens is 1. The van der Waals surface area contributed by atoms with E-state index < -0.39 is 0 Å². The summed E-state index contributed by atoms with van der Waals surface area (Å²) in [6.07, 6.45) is 0. The maximum absolute atomic E-state index is 12.7. The Morgan fingerprint density at radius 3 is 2.42 bits per heavy atom. The summed E-state index contributed by atoms with van der Waals surface area (Å²) in [4.78, 5) is 12.7. The second kappa shape index (κ2) is 6.49. The molecule has 0 radical (unpaired) electrons. The maximum Gasteiger partial charge on any atom is 0.258 e. The van der Waals surface area contributed by atoms with E-state index in [1.165, 1.54) is 0 Å². The zero-order valence-electron chi connectivity index (χ0n) is 13.8. The number of amides is 1. The van der Waals surface area contributed by atoms with E-state index >= 15 is 0 Å². The minimum Gasteiger partial charge on any atom is -0.306 e. The van der Waals surface area contributed by atoms with Gasteiger partial charge >= 0.3 is 0 Å². The van der Waals surface area contributed by atoms with E-state index in [2.05, 4.69) is 10.4 Å². The molecule has 3 rings (SSSR count). The van der Waals surface area contributed by atoms with Crippen LogP contribution in [0, 0.1) is 20.8 Å². The molecule has 1 heterocycles. The lowest BCUT2D eigenvalue weighted by molar-refractivity contribution is 0.102. The monoisotopic (exact) mass is 339 g/mol. The fourth-order valence-corrected chi connectivity index (χ4v) is 2.80. The molecular formula is C19H18ClN3O. The van der Waals surface area contributed by atoms with Gasteiger partial charge in [-0.1, -0.05) is 29.8 Å². The van der Waals surface area contributed by atoms with Crippen LogP contribution in [0.2, 0.25) is 5.02 Å². The lowest BCUT2D eigenvalue weighted by atomic mass is 10.1. The molecule has 1 aromatic heterocycles. The molecule has 0 spiro atoms. The summed E-state index contributed by atoms with van der Waals surface area (Å²) >= 11 is 6.24. The fourth-order valence-electron chi connectivity index (χ4n) is 2.49. The van der Waals surface area contributed by atoms with E-state index in [9.17, 15) is 4.79 Å². The van der Waals surface area contributed by atoms with Gasteiger partial charge in [0.1, 0.15) is 5.82 Å². The smallest absolute Gasteiger partial charge is 0.258 e. The summed E-state index contributed by atoms with van der Waals surface area (Å²) in [7, 11) is 0. The average Bonchev–Trinajstić information content (AvgIpc) is 2.92. The number of hydrogen-bond donors (Lipinski definition) is 1. The van der Waals surface area contributed by atoms with Gasteiger partial charge in [0, 0.05) is 6.07 Å². The van der Waals surface area contributed by atoms with Gasteiger partial charge in [0.2, 0.25) is 0 Å². The predicted octanol–water partition coefficient (Wildman–Crippen LogP) is 4.70. The van der Waals surface area contributed by atoms with Crippen LogP contribution in [0.3, 0.4) is 0 Å². The van der Waals surface area contributed by atoms with Crippen molar-refractivity contribution >= 4 is 23.3 Å². The summed E-state index contributed by atoms with van der Waals surface area (Å²) in [5, 5.41) is 7.80. The van der Waals surface area contributed by atoms with Crippen molar-refractivity contribution < 1.29 is 4.79 Å². The Morgan fingerprint density at radius 2 is 1.71 bits per heavy atom. The zero-order chi connectivity index (χ0) is 17.3. The quantitative estimate of drug-likeness (QED) is 0.751. The van der Waals surface area contributed by atoms with Crippen LogP contribution in [0.1, 0.15) is 27.2 Å². The number of para-hydroxylation sites is 1. The number of benzene rings is 2. The summed E-state index contributed by atoms with van der Waals surface area (Å²) in [5.74, 6) is 0.359. The third-order valence-corrected chi connectivity index (χ3v) is 4.21. The van der Waals surface area contributed by atoms with Crippen LogP contribution in [0.5, 0.6) is 0 Å². The van der Waals surface area contributed by atoms with E-state index in [4.69, 9.17) is 11.6 Å². The number of nitrogens with one attached hydrogen (secondary N) is 1. The van der Waals surface area contributed by atoms with Crippen molar-refractivity contribution in [1.82, 2.24) is 9.78 Å². The van der Waals surface area contributed by atoms with Gasteiger partial charge in [0.05, 0.1) is 22.0 Å². The molecule has 0 aliphatic rings. The van der Waals surface area contributed by atoms with Gasteiger partial charge in [-0.3, -0.25) is 4.79 Å². The molecule has 3 aromatic rings. The molecule has 5 heteroatoms. The van der Waals surface area contributed by atoms with Crippen LogP contribution in [0.15, 0.2) is 48.5 Å². The number of nitrogens with zero attached hydrogens (tertiary/aromatic N) is 2. The molecule has 0 bridgehead atoms. The van der Waals surface area contributed by atoms with Crippen molar-refractivity contribution in [2.75, 3.05) is 5.32 Å². The van der Waals surface area contributed by atoms with Crippen LogP contribution >= 0.6 is 11.6 Å². The molecule has 0 unspecified atom stereocenters.